The lowest BCUT2D eigenvalue weighted by atomic mass is 9.88. The first kappa shape index (κ1) is 13.7. The highest BCUT2D eigenvalue weighted by atomic mass is 35.5. The van der Waals surface area contributed by atoms with Crippen LogP contribution in [0.2, 0.25) is 5.02 Å². The molecule has 1 aliphatic rings. The van der Waals surface area contributed by atoms with Crippen molar-refractivity contribution in [3.05, 3.63) is 29.3 Å². The third-order valence-corrected chi connectivity index (χ3v) is 4.54. The zero-order valence-corrected chi connectivity index (χ0v) is 12.3. The molecule has 1 heterocycles. The van der Waals surface area contributed by atoms with Crippen LogP contribution in [0, 0.1) is 0 Å². The molecule has 0 spiro atoms. The van der Waals surface area contributed by atoms with Gasteiger partial charge in [0.05, 0.1) is 0 Å². The van der Waals surface area contributed by atoms with Crippen LogP contribution in [-0.2, 0) is 0 Å². The molecule has 1 unspecified atom stereocenters. The smallest absolute Gasteiger partial charge is 0.0407 e. The van der Waals surface area contributed by atoms with Gasteiger partial charge in [0.1, 0.15) is 0 Å². The Bertz CT molecular complexity index is 384. The number of piperazine rings is 1. The highest BCUT2D eigenvalue weighted by Gasteiger charge is 2.34. The summed E-state index contributed by atoms with van der Waals surface area (Å²) < 4.78 is 0. The quantitative estimate of drug-likeness (QED) is 0.898. The van der Waals surface area contributed by atoms with Gasteiger partial charge in [-0.1, -0.05) is 25.4 Å². The molecule has 1 aliphatic heterocycles. The molecule has 2 nitrogen and oxygen atoms in total. The molecule has 100 valence electrons. The zero-order valence-electron chi connectivity index (χ0n) is 11.5. The first-order valence-electron chi connectivity index (χ1n) is 6.87. The van der Waals surface area contributed by atoms with Crippen LogP contribution in [0.15, 0.2) is 24.3 Å². The van der Waals surface area contributed by atoms with Gasteiger partial charge in [-0.05, 0) is 44.0 Å². The molecular weight excluding hydrogens is 244 g/mol. The maximum Gasteiger partial charge on any atom is 0.0407 e. The Kier molecular flexibility index (Phi) is 4.18. The number of nitrogens with zero attached hydrogens (tertiary/aromatic N) is 1. The van der Waals surface area contributed by atoms with Gasteiger partial charge in [-0.25, -0.2) is 0 Å². The van der Waals surface area contributed by atoms with Crippen molar-refractivity contribution in [2.45, 2.75) is 45.2 Å². The summed E-state index contributed by atoms with van der Waals surface area (Å²) in [6.07, 6.45) is 2.33. The minimum atomic E-state index is 0.256. The van der Waals surface area contributed by atoms with E-state index in [0.29, 0.717) is 6.04 Å². The van der Waals surface area contributed by atoms with E-state index < -0.39 is 0 Å². The molecule has 1 aromatic carbocycles. The largest absolute Gasteiger partial charge is 0.366 e. The highest BCUT2D eigenvalue weighted by Crippen LogP contribution is 2.28. The van der Waals surface area contributed by atoms with E-state index in [0.717, 1.165) is 18.1 Å². The van der Waals surface area contributed by atoms with Gasteiger partial charge in [0.2, 0.25) is 0 Å². The Balaban J connectivity index is 2.22. The van der Waals surface area contributed by atoms with Gasteiger partial charge >= 0.3 is 0 Å². The molecule has 0 bridgehead atoms. The molecule has 0 amide bonds. The molecular formula is C15H23ClN2. The summed E-state index contributed by atoms with van der Waals surface area (Å²) in [5, 5.41) is 4.53. The van der Waals surface area contributed by atoms with E-state index in [1.165, 1.54) is 18.5 Å². The van der Waals surface area contributed by atoms with E-state index in [1.54, 1.807) is 0 Å². The number of rotatable bonds is 3. The normalized spacial score (nSPS) is 23.1. The Morgan fingerprint density at radius 1 is 1.28 bits per heavy atom. The van der Waals surface area contributed by atoms with Crippen molar-refractivity contribution in [1.29, 1.82) is 0 Å². The van der Waals surface area contributed by atoms with Crippen LogP contribution < -0.4 is 10.2 Å². The predicted octanol–water partition coefficient (Wildman–Crippen LogP) is 3.70. The minimum absolute atomic E-state index is 0.256. The Hall–Kier alpha value is -0.730. The number of nitrogens with one attached hydrogen (secondary N) is 1. The minimum Gasteiger partial charge on any atom is -0.366 e. The molecule has 1 fully saturated rings. The maximum absolute atomic E-state index is 5.97. The summed E-state index contributed by atoms with van der Waals surface area (Å²) in [5.41, 5.74) is 1.53. The van der Waals surface area contributed by atoms with Gasteiger partial charge in [-0.15, -0.1) is 0 Å². The van der Waals surface area contributed by atoms with Gasteiger partial charge in [0, 0.05) is 35.4 Å². The number of hydrogen-bond acceptors (Lipinski definition) is 2. The second kappa shape index (κ2) is 5.50. The van der Waals surface area contributed by atoms with Gasteiger partial charge in [-0.2, -0.15) is 0 Å². The number of benzene rings is 1. The third-order valence-electron chi connectivity index (χ3n) is 4.29. The third kappa shape index (κ3) is 2.65. The Morgan fingerprint density at radius 3 is 2.44 bits per heavy atom. The van der Waals surface area contributed by atoms with Crippen molar-refractivity contribution >= 4 is 17.3 Å². The lowest BCUT2D eigenvalue weighted by molar-refractivity contribution is 0.254. The SMILES string of the molecule is CCC1(CC)CN(c2ccc(Cl)cc2)C(C)CN1. The fraction of sp³-hybridized carbons (Fsp3) is 0.600. The summed E-state index contributed by atoms with van der Waals surface area (Å²) in [6, 6.07) is 8.73. The Labute approximate surface area is 115 Å². The molecule has 0 aliphatic carbocycles. The average Bonchev–Trinajstić information content (AvgIpc) is 2.41. The monoisotopic (exact) mass is 266 g/mol. The fourth-order valence-corrected chi connectivity index (χ4v) is 2.84. The molecule has 1 N–H and O–H groups in total. The van der Waals surface area contributed by atoms with E-state index in [9.17, 15) is 0 Å². The maximum atomic E-state index is 5.97. The van der Waals surface area contributed by atoms with Gasteiger partial charge in [0.25, 0.3) is 0 Å². The summed E-state index contributed by atoms with van der Waals surface area (Å²) in [7, 11) is 0. The molecule has 0 aromatic heterocycles. The molecule has 1 atom stereocenters. The van der Waals surface area contributed by atoms with E-state index >= 15 is 0 Å². The zero-order chi connectivity index (χ0) is 13.2. The molecule has 0 saturated carbocycles. The van der Waals surface area contributed by atoms with E-state index in [2.05, 4.69) is 43.1 Å². The van der Waals surface area contributed by atoms with Gasteiger partial charge < -0.3 is 10.2 Å². The van der Waals surface area contributed by atoms with Crippen molar-refractivity contribution in [2.75, 3.05) is 18.0 Å². The van der Waals surface area contributed by atoms with Crippen LogP contribution in [0.4, 0.5) is 5.69 Å². The van der Waals surface area contributed by atoms with E-state index in [4.69, 9.17) is 11.6 Å². The summed E-state index contributed by atoms with van der Waals surface area (Å²) in [6.45, 7) is 8.93. The van der Waals surface area contributed by atoms with Crippen molar-refractivity contribution in [3.8, 4) is 0 Å². The fourth-order valence-electron chi connectivity index (χ4n) is 2.71. The first-order chi connectivity index (χ1) is 8.60. The van der Waals surface area contributed by atoms with Crippen LogP contribution in [-0.4, -0.2) is 24.7 Å². The molecule has 1 aromatic rings. The number of halogens is 1. The molecule has 3 heteroatoms. The second-order valence-corrected chi connectivity index (χ2v) is 5.76. The van der Waals surface area contributed by atoms with Crippen molar-refractivity contribution in [1.82, 2.24) is 5.32 Å². The summed E-state index contributed by atoms with van der Waals surface area (Å²) in [5.74, 6) is 0. The second-order valence-electron chi connectivity index (χ2n) is 5.32. The molecule has 1 saturated heterocycles. The predicted molar refractivity (Wildman–Crippen MR) is 79.6 cm³/mol. The Morgan fingerprint density at radius 2 is 1.89 bits per heavy atom. The van der Waals surface area contributed by atoms with Crippen LogP contribution in [0.3, 0.4) is 0 Å². The lowest BCUT2D eigenvalue weighted by Gasteiger charge is -2.47. The van der Waals surface area contributed by atoms with Crippen LogP contribution in [0.5, 0.6) is 0 Å². The first-order valence-corrected chi connectivity index (χ1v) is 7.25. The van der Waals surface area contributed by atoms with Crippen molar-refractivity contribution < 1.29 is 0 Å². The molecule has 18 heavy (non-hydrogen) atoms. The van der Waals surface area contributed by atoms with E-state index in [-0.39, 0.29) is 5.54 Å². The van der Waals surface area contributed by atoms with Crippen LogP contribution in [0.25, 0.3) is 0 Å². The van der Waals surface area contributed by atoms with Crippen LogP contribution >= 0.6 is 11.6 Å². The number of anilines is 1. The molecule has 0 radical (unpaired) electrons. The van der Waals surface area contributed by atoms with Crippen LogP contribution in [0.1, 0.15) is 33.6 Å². The standard InChI is InChI=1S/C15H23ClN2/c1-4-15(5-2)11-18(12(3)10-17-15)14-8-6-13(16)7-9-14/h6-9,12,17H,4-5,10-11H2,1-3H3. The topological polar surface area (TPSA) is 15.3 Å². The molecule has 2 rings (SSSR count). The number of hydrogen-bond donors (Lipinski definition) is 1. The summed E-state index contributed by atoms with van der Waals surface area (Å²) in [4.78, 5) is 2.50. The van der Waals surface area contributed by atoms with Gasteiger partial charge in [0.15, 0.2) is 0 Å². The average molecular weight is 267 g/mol. The van der Waals surface area contributed by atoms with E-state index in [1.807, 2.05) is 12.1 Å². The van der Waals surface area contributed by atoms with Gasteiger partial charge in [-0.3, -0.25) is 0 Å². The highest BCUT2D eigenvalue weighted by molar-refractivity contribution is 6.30. The summed E-state index contributed by atoms with van der Waals surface area (Å²) >= 11 is 5.97. The lowest BCUT2D eigenvalue weighted by Crippen LogP contribution is -2.63. The van der Waals surface area contributed by atoms with Crippen molar-refractivity contribution in [2.24, 2.45) is 0 Å². The van der Waals surface area contributed by atoms with Crippen molar-refractivity contribution in [3.63, 3.8) is 0 Å².